The Kier molecular flexibility index (Phi) is 2.24. The van der Waals surface area contributed by atoms with Crippen molar-refractivity contribution in [2.24, 2.45) is 0 Å². The first-order chi connectivity index (χ1) is 5.65. The molecule has 0 bridgehead atoms. The van der Waals surface area contributed by atoms with Gasteiger partial charge in [-0.2, -0.15) is 0 Å². The Morgan fingerprint density at radius 3 is 2.33 bits per heavy atom. The third-order valence-electron chi connectivity index (χ3n) is 1.55. The molecule has 1 heterocycles. The molecule has 2 amide bonds. The fourth-order valence-electron chi connectivity index (χ4n) is 0.855. The van der Waals surface area contributed by atoms with E-state index in [1.165, 1.54) is 18.2 Å². The summed E-state index contributed by atoms with van der Waals surface area (Å²) in [6.45, 7) is 7.33. The Hall–Kier alpha value is -1.64. The van der Waals surface area contributed by atoms with Gasteiger partial charge >= 0.3 is 0 Å². The molecule has 0 aromatic rings. The summed E-state index contributed by atoms with van der Waals surface area (Å²) in [6, 6.07) is 0. The number of hydrogen-bond acceptors (Lipinski definition) is 2. The Bertz CT molecular complexity index is 271. The number of carbonyl (C=O) groups excluding carboxylic acids is 2. The van der Waals surface area contributed by atoms with Crippen LogP contribution in [-0.2, 0) is 9.59 Å². The molecule has 0 aliphatic carbocycles. The number of hydrogen-bond donors (Lipinski definition) is 0. The van der Waals surface area contributed by atoms with Crippen molar-refractivity contribution in [3.05, 3.63) is 37.0 Å². The summed E-state index contributed by atoms with van der Waals surface area (Å²) in [5.74, 6) is -0.578. The lowest BCUT2D eigenvalue weighted by atomic mass is 10.3. The van der Waals surface area contributed by atoms with Gasteiger partial charge < -0.3 is 0 Å². The van der Waals surface area contributed by atoms with Gasteiger partial charge in [0.2, 0.25) is 0 Å². The number of imide groups is 1. The Labute approximate surface area is 70.7 Å². The molecule has 12 heavy (non-hydrogen) atoms. The van der Waals surface area contributed by atoms with Crippen LogP contribution in [0.4, 0.5) is 0 Å². The third-order valence-corrected chi connectivity index (χ3v) is 1.55. The van der Waals surface area contributed by atoms with Crippen LogP contribution in [0.15, 0.2) is 37.0 Å². The van der Waals surface area contributed by atoms with Crippen molar-refractivity contribution in [3.8, 4) is 0 Å². The van der Waals surface area contributed by atoms with Crippen LogP contribution < -0.4 is 0 Å². The minimum Gasteiger partial charge on any atom is -0.271 e. The maximum atomic E-state index is 11.0. The molecule has 0 fully saturated rings. The molecule has 62 valence electrons. The average Bonchev–Trinajstić information content (AvgIpc) is 2.35. The van der Waals surface area contributed by atoms with E-state index in [4.69, 9.17) is 0 Å². The van der Waals surface area contributed by atoms with Crippen LogP contribution in [0.5, 0.6) is 0 Å². The molecule has 0 unspecified atom stereocenters. The molecule has 1 aliphatic rings. The van der Waals surface area contributed by atoms with Crippen molar-refractivity contribution < 1.29 is 9.59 Å². The highest BCUT2D eigenvalue weighted by Gasteiger charge is 2.22. The minimum absolute atomic E-state index is 0.230. The van der Waals surface area contributed by atoms with Crippen molar-refractivity contribution >= 4 is 11.8 Å². The number of rotatable bonds is 3. The predicted octanol–water partition coefficient (Wildman–Crippen LogP) is 0.654. The Morgan fingerprint density at radius 2 is 1.92 bits per heavy atom. The normalized spacial score (nSPS) is 15.5. The second kappa shape index (κ2) is 3.17. The Morgan fingerprint density at radius 1 is 1.42 bits per heavy atom. The van der Waals surface area contributed by atoms with Gasteiger partial charge in [0.25, 0.3) is 11.8 Å². The maximum Gasteiger partial charge on any atom is 0.253 e. The predicted molar refractivity (Wildman–Crippen MR) is 45.2 cm³/mol. The monoisotopic (exact) mass is 163 g/mol. The van der Waals surface area contributed by atoms with Gasteiger partial charge in [-0.15, -0.1) is 0 Å². The number of amides is 2. The lowest BCUT2D eigenvalue weighted by Gasteiger charge is -2.12. The summed E-state index contributed by atoms with van der Waals surface area (Å²) < 4.78 is 0. The van der Waals surface area contributed by atoms with Gasteiger partial charge in [-0.1, -0.05) is 19.2 Å². The van der Waals surface area contributed by atoms with Crippen LogP contribution >= 0.6 is 0 Å². The smallest absolute Gasteiger partial charge is 0.253 e. The van der Waals surface area contributed by atoms with E-state index in [-0.39, 0.29) is 18.4 Å². The van der Waals surface area contributed by atoms with Gasteiger partial charge in [0.15, 0.2) is 0 Å². The fraction of sp³-hybridized carbons (Fsp3) is 0.111. The van der Waals surface area contributed by atoms with Gasteiger partial charge in [-0.05, 0) is 5.57 Å². The largest absolute Gasteiger partial charge is 0.271 e. The molecule has 0 radical (unpaired) electrons. The zero-order valence-electron chi connectivity index (χ0n) is 6.62. The first kappa shape index (κ1) is 8.46. The zero-order valence-corrected chi connectivity index (χ0v) is 6.62. The van der Waals surface area contributed by atoms with Crippen LogP contribution in [0.2, 0.25) is 0 Å². The van der Waals surface area contributed by atoms with Crippen LogP contribution in [0.3, 0.4) is 0 Å². The molecule has 0 spiro atoms. The second-order valence-corrected chi connectivity index (χ2v) is 2.46. The van der Waals surface area contributed by atoms with Crippen molar-refractivity contribution in [1.82, 2.24) is 4.90 Å². The highest BCUT2D eigenvalue weighted by molar-refractivity contribution is 6.13. The summed E-state index contributed by atoms with van der Waals surface area (Å²) >= 11 is 0. The maximum absolute atomic E-state index is 11.0. The zero-order chi connectivity index (χ0) is 9.14. The van der Waals surface area contributed by atoms with E-state index in [2.05, 4.69) is 13.2 Å². The molecular weight excluding hydrogens is 154 g/mol. The first-order valence-corrected chi connectivity index (χ1v) is 3.49. The summed E-state index contributed by atoms with van der Waals surface area (Å²) in [7, 11) is 0. The lowest BCUT2D eigenvalue weighted by Crippen LogP contribution is -2.31. The SMILES string of the molecule is C=CC(=C)CN1C(=O)C=CC1=O. The molecule has 1 rings (SSSR count). The molecule has 0 aromatic carbocycles. The number of nitrogens with zero attached hydrogens (tertiary/aromatic N) is 1. The van der Waals surface area contributed by atoms with Gasteiger partial charge in [0.1, 0.15) is 0 Å². The molecule has 0 aromatic heterocycles. The lowest BCUT2D eigenvalue weighted by molar-refractivity contribution is -0.136. The van der Waals surface area contributed by atoms with Crippen LogP contribution in [-0.4, -0.2) is 23.3 Å². The molecule has 3 nitrogen and oxygen atoms in total. The molecule has 0 saturated carbocycles. The van der Waals surface area contributed by atoms with Crippen molar-refractivity contribution in [2.45, 2.75) is 0 Å². The minimum atomic E-state index is -0.289. The van der Waals surface area contributed by atoms with E-state index in [1.807, 2.05) is 0 Å². The van der Waals surface area contributed by atoms with E-state index in [0.717, 1.165) is 4.90 Å². The standard InChI is InChI=1S/C9H9NO2/c1-3-7(2)6-10-8(11)4-5-9(10)12/h3-5H,1-2,6H2. The third kappa shape index (κ3) is 1.50. The molecule has 1 aliphatic heterocycles. The molecule has 0 atom stereocenters. The molecule has 3 heteroatoms. The molecular formula is C9H9NO2. The summed E-state index contributed by atoms with van der Waals surface area (Å²) in [5, 5.41) is 0. The van der Waals surface area contributed by atoms with Crippen LogP contribution in [0.25, 0.3) is 0 Å². The number of carbonyl (C=O) groups is 2. The first-order valence-electron chi connectivity index (χ1n) is 3.49. The van der Waals surface area contributed by atoms with Crippen LogP contribution in [0, 0.1) is 0 Å². The van der Waals surface area contributed by atoms with E-state index >= 15 is 0 Å². The fourth-order valence-corrected chi connectivity index (χ4v) is 0.855. The highest BCUT2D eigenvalue weighted by atomic mass is 16.2. The van der Waals surface area contributed by atoms with E-state index in [9.17, 15) is 9.59 Å². The molecule has 0 saturated heterocycles. The molecule has 0 N–H and O–H groups in total. The Balaban J connectivity index is 2.65. The quantitative estimate of drug-likeness (QED) is 0.452. The van der Waals surface area contributed by atoms with E-state index in [0.29, 0.717) is 5.57 Å². The van der Waals surface area contributed by atoms with Crippen molar-refractivity contribution in [3.63, 3.8) is 0 Å². The van der Waals surface area contributed by atoms with Gasteiger partial charge in [-0.3, -0.25) is 14.5 Å². The van der Waals surface area contributed by atoms with Crippen molar-refractivity contribution in [2.75, 3.05) is 6.54 Å². The van der Waals surface area contributed by atoms with Gasteiger partial charge in [-0.25, -0.2) is 0 Å². The topological polar surface area (TPSA) is 37.4 Å². The highest BCUT2D eigenvalue weighted by Crippen LogP contribution is 2.06. The second-order valence-electron chi connectivity index (χ2n) is 2.46. The van der Waals surface area contributed by atoms with E-state index < -0.39 is 0 Å². The summed E-state index contributed by atoms with van der Waals surface area (Å²) in [4.78, 5) is 23.1. The van der Waals surface area contributed by atoms with Gasteiger partial charge in [0.05, 0.1) is 6.54 Å². The summed E-state index contributed by atoms with van der Waals surface area (Å²) in [5.41, 5.74) is 0.653. The van der Waals surface area contributed by atoms with Crippen molar-refractivity contribution in [1.29, 1.82) is 0 Å². The van der Waals surface area contributed by atoms with E-state index in [1.54, 1.807) is 0 Å². The van der Waals surface area contributed by atoms with Crippen LogP contribution in [0.1, 0.15) is 0 Å². The average molecular weight is 163 g/mol. The van der Waals surface area contributed by atoms with Gasteiger partial charge in [0, 0.05) is 12.2 Å². The summed E-state index contributed by atoms with van der Waals surface area (Å²) in [6.07, 6.45) is 4.02.